The topological polar surface area (TPSA) is 46.2 Å². The van der Waals surface area contributed by atoms with Crippen molar-refractivity contribution in [1.82, 2.24) is 0 Å². The summed E-state index contributed by atoms with van der Waals surface area (Å²) in [6.45, 7) is 1.80. The highest BCUT2D eigenvalue weighted by Gasteiger charge is 2.15. The predicted octanol–water partition coefficient (Wildman–Crippen LogP) is 2.50. The Hall–Kier alpha value is -0.870. The number of hydrogen-bond donors (Lipinski definition) is 2. The molecule has 1 aromatic carbocycles. The number of halogens is 3. The average molecular weight is 224 g/mol. The fourth-order valence-corrected chi connectivity index (χ4v) is 1.07. The van der Waals surface area contributed by atoms with Crippen LogP contribution in [0.1, 0.15) is 24.9 Å². The minimum atomic E-state index is -1.23. The highest BCUT2D eigenvalue weighted by molar-refractivity contribution is 5.85. The zero-order valence-corrected chi connectivity index (χ0v) is 8.44. The fraction of sp³-hybridized carbons (Fsp3) is 0.333. The number of phenolic OH excluding ortho intramolecular Hbond substituents is 1. The van der Waals surface area contributed by atoms with E-state index in [9.17, 15) is 13.9 Å². The second-order valence-electron chi connectivity index (χ2n) is 2.81. The van der Waals surface area contributed by atoms with Crippen molar-refractivity contribution in [3.63, 3.8) is 0 Å². The Balaban J connectivity index is 0.00000169. The Morgan fingerprint density at radius 1 is 1.43 bits per heavy atom. The van der Waals surface area contributed by atoms with Crippen LogP contribution in [-0.4, -0.2) is 5.11 Å². The van der Waals surface area contributed by atoms with E-state index in [2.05, 4.69) is 0 Å². The molecule has 0 saturated carbocycles. The summed E-state index contributed by atoms with van der Waals surface area (Å²) < 4.78 is 25.4. The number of phenols is 1. The SMILES string of the molecule is CC[C@H](N)c1ccc(F)c(F)c1O.Cl. The largest absolute Gasteiger partial charge is 0.505 e. The maximum absolute atomic E-state index is 12.8. The molecule has 2 nitrogen and oxygen atoms in total. The van der Waals surface area contributed by atoms with Gasteiger partial charge in [0.05, 0.1) is 0 Å². The molecule has 0 amide bonds. The molecule has 1 atom stereocenters. The first kappa shape index (κ1) is 13.1. The first-order valence-electron chi connectivity index (χ1n) is 4.00. The van der Waals surface area contributed by atoms with Crippen LogP contribution in [0.25, 0.3) is 0 Å². The normalized spacial score (nSPS) is 12.0. The highest BCUT2D eigenvalue weighted by atomic mass is 35.5. The van der Waals surface area contributed by atoms with Gasteiger partial charge in [-0.1, -0.05) is 13.0 Å². The van der Waals surface area contributed by atoms with Gasteiger partial charge < -0.3 is 10.8 Å². The van der Waals surface area contributed by atoms with Crippen molar-refractivity contribution in [1.29, 1.82) is 0 Å². The van der Waals surface area contributed by atoms with Gasteiger partial charge in [0, 0.05) is 11.6 Å². The van der Waals surface area contributed by atoms with Crippen LogP contribution >= 0.6 is 12.4 Å². The Labute approximate surface area is 87.1 Å². The van der Waals surface area contributed by atoms with E-state index in [0.29, 0.717) is 6.42 Å². The van der Waals surface area contributed by atoms with E-state index in [1.165, 1.54) is 6.07 Å². The zero-order chi connectivity index (χ0) is 10.0. The van der Waals surface area contributed by atoms with Gasteiger partial charge >= 0.3 is 0 Å². The molecule has 1 aromatic rings. The molecule has 0 bridgehead atoms. The highest BCUT2D eigenvalue weighted by Crippen LogP contribution is 2.28. The van der Waals surface area contributed by atoms with Gasteiger partial charge in [0.1, 0.15) is 0 Å². The lowest BCUT2D eigenvalue weighted by atomic mass is 10.0. The summed E-state index contributed by atoms with van der Waals surface area (Å²) in [6.07, 6.45) is 0.554. The maximum atomic E-state index is 12.8. The molecule has 14 heavy (non-hydrogen) atoms. The summed E-state index contributed by atoms with van der Waals surface area (Å²) in [6, 6.07) is 1.79. The lowest BCUT2D eigenvalue weighted by Crippen LogP contribution is -2.09. The van der Waals surface area contributed by atoms with Crippen LogP contribution < -0.4 is 5.73 Å². The van der Waals surface area contributed by atoms with Crippen LogP contribution in [0.4, 0.5) is 8.78 Å². The maximum Gasteiger partial charge on any atom is 0.200 e. The summed E-state index contributed by atoms with van der Waals surface area (Å²) in [5.74, 6) is -2.99. The first-order valence-corrected chi connectivity index (χ1v) is 4.00. The lowest BCUT2D eigenvalue weighted by molar-refractivity contribution is 0.396. The standard InChI is InChI=1S/C9H11F2NO.ClH/c1-2-7(12)5-3-4-6(10)8(11)9(5)13;/h3-4,7,13H,2,12H2,1H3;1H/t7-;/m0./s1. The average Bonchev–Trinajstić information content (AvgIpc) is 2.13. The van der Waals surface area contributed by atoms with E-state index in [-0.39, 0.29) is 18.0 Å². The molecular formula is C9H12ClF2NO. The molecule has 0 spiro atoms. The van der Waals surface area contributed by atoms with Gasteiger partial charge in [-0.15, -0.1) is 12.4 Å². The lowest BCUT2D eigenvalue weighted by Gasteiger charge is -2.11. The molecule has 0 unspecified atom stereocenters. The Morgan fingerprint density at radius 2 is 2.00 bits per heavy atom. The molecule has 5 heteroatoms. The van der Waals surface area contributed by atoms with E-state index >= 15 is 0 Å². The van der Waals surface area contributed by atoms with Crippen LogP contribution in [0.3, 0.4) is 0 Å². The van der Waals surface area contributed by atoms with Gasteiger partial charge in [0.25, 0.3) is 0 Å². The van der Waals surface area contributed by atoms with Crippen LogP contribution in [0.15, 0.2) is 12.1 Å². The van der Waals surface area contributed by atoms with Gasteiger partial charge in [0.15, 0.2) is 11.6 Å². The van der Waals surface area contributed by atoms with Gasteiger partial charge in [-0.25, -0.2) is 4.39 Å². The minimum absolute atomic E-state index is 0. The molecule has 0 aliphatic rings. The number of hydrogen-bond acceptors (Lipinski definition) is 2. The van der Waals surface area contributed by atoms with Crippen molar-refractivity contribution in [2.24, 2.45) is 5.73 Å². The molecular weight excluding hydrogens is 212 g/mol. The first-order chi connectivity index (χ1) is 6.07. The van der Waals surface area contributed by atoms with E-state index in [0.717, 1.165) is 6.07 Å². The molecule has 0 aromatic heterocycles. The third-order valence-corrected chi connectivity index (χ3v) is 1.94. The number of benzene rings is 1. The Bertz CT molecular complexity index is 320. The van der Waals surface area contributed by atoms with E-state index in [1.54, 1.807) is 6.92 Å². The van der Waals surface area contributed by atoms with E-state index < -0.39 is 23.4 Å². The summed E-state index contributed by atoms with van der Waals surface area (Å²) in [7, 11) is 0. The van der Waals surface area contributed by atoms with E-state index in [1.807, 2.05) is 0 Å². The van der Waals surface area contributed by atoms with Crippen molar-refractivity contribution < 1.29 is 13.9 Å². The molecule has 0 fully saturated rings. The minimum Gasteiger partial charge on any atom is -0.505 e. The zero-order valence-electron chi connectivity index (χ0n) is 7.63. The molecule has 0 aliphatic carbocycles. The molecule has 80 valence electrons. The van der Waals surface area contributed by atoms with Gasteiger partial charge in [-0.3, -0.25) is 0 Å². The second kappa shape index (κ2) is 5.12. The van der Waals surface area contributed by atoms with Crippen molar-refractivity contribution >= 4 is 12.4 Å². The summed E-state index contributed by atoms with van der Waals surface area (Å²) in [4.78, 5) is 0. The van der Waals surface area contributed by atoms with Gasteiger partial charge in [-0.2, -0.15) is 4.39 Å². The van der Waals surface area contributed by atoms with Crippen molar-refractivity contribution in [2.75, 3.05) is 0 Å². The molecule has 1 rings (SSSR count). The van der Waals surface area contributed by atoms with Crippen LogP contribution in [0.2, 0.25) is 0 Å². The third-order valence-electron chi connectivity index (χ3n) is 1.94. The fourth-order valence-electron chi connectivity index (χ4n) is 1.07. The molecule has 3 N–H and O–H groups in total. The van der Waals surface area contributed by atoms with E-state index in [4.69, 9.17) is 5.73 Å². The molecule has 0 heterocycles. The number of aromatic hydroxyl groups is 1. The Morgan fingerprint density at radius 3 is 2.50 bits per heavy atom. The molecule has 0 saturated heterocycles. The smallest absolute Gasteiger partial charge is 0.200 e. The Kier molecular flexibility index (Phi) is 4.80. The van der Waals surface area contributed by atoms with Gasteiger partial charge in [-0.05, 0) is 12.5 Å². The number of rotatable bonds is 2. The molecule has 0 aliphatic heterocycles. The van der Waals surface area contributed by atoms with Gasteiger partial charge in [0.2, 0.25) is 5.82 Å². The summed E-state index contributed by atoms with van der Waals surface area (Å²) in [5, 5.41) is 9.18. The molecule has 0 radical (unpaired) electrons. The van der Waals surface area contributed by atoms with Crippen molar-refractivity contribution in [3.8, 4) is 5.75 Å². The monoisotopic (exact) mass is 223 g/mol. The quantitative estimate of drug-likeness (QED) is 0.809. The number of nitrogens with two attached hydrogens (primary N) is 1. The van der Waals surface area contributed by atoms with Crippen LogP contribution in [0.5, 0.6) is 5.75 Å². The van der Waals surface area contributed by atoms with Crippen LogP contribution in [-0.2, 0) is 0 Å². The van der Waals surface area contributed by atoms with Crippen molar-refractivity contribution in [3.05, 3.63) is 29.3 Å². The third kappa shape index (κ3) is 2.33. The van der Waals surface area contributed by atoms with Crippen LogP contribution in [0, 0.1) is 11.6 Å². The van der Waals surface area contributed by atoms with Crippen molar-refractivity contribution in [2.45, 2.75) is 19.4 Å². The summed E-state index contributed by atoms with van der Waals surface area (Å²) in [5.41, 5.74) is 5.80. The summed E-state index contributed by atoms with van der Waals surface area (Å²) >= 11 is 0. The second-order valence-corrected chi connectivity index (χ2v) is 2.81. The predicted molar refractivity (Wildman–Crippen MR) is 52.5 cm³/mol.